The van der Waals surface area contributed by atoms with Crippen molar-refractivity contribution in [2.24, 2.45) is 7.05 Å². The van der Waals surface area contributed by atoms with Crippen LogP contribution in [0.25, 0.3) is 11.3 Å². The van der Waals surface area contributed by atoms with Crippen LogP contribution < -0.4 is 10.5 Å². The molecular weight excluding hydrogens is 202 g/mol. The van der Waals surface area contributed by atoms with Crippen molar-refractivity contribution in [3.63, 3.8) is 0 Å². The Morgan fingerprint density at radius 1 is 1.38 bits per heavy atom. The third kappa shape index (κ3) is 1.62. The third-order valence-electron chi connectivity index (χ3n) is 2.76. The summed E-state index contributed by atoms with van der Waals surface area (Å²) in [5.41, 5.74) is 8.74. The van der Waals surface area contributed by atoms with Crippen LogP contribution in [-0.2, 0) is 7.05 Å². The summed E-state index contributed by atoms with van der Waals surface area (Å²) < 4.78 is 7.06. The monoisotopic (exact) mass is 217 g/mol. The number of imidazole rings is 1. The van der Waals surface area contributed by atoms with Gasteiger partial charge in [0.25, 0.3) is 0 Å². The van der Waals surface area contributed by atoms with Crippen LogP contribution in [0.2, 0.25) is 0 Å². The quantitative estimate of drug-likeness (QED) is 0.836. The Hall–Kier alpha value is -1.97. The zero-order chi connectivity index (χ0) is 11.7. The molecule has 0 atom stereocenters. The number of nitrogen functional groups attached to an aromatic ring is 1. The second-order valence-electron chi connectivity index (χ2n) is 3.69. The van der Waals surface area contributed by atoms with Gasteiger partial charge in [0.2, 0.25) is 5.95 Å². The zero-order valence-corrected chi connectivity index (χ0v) is 9.69. The maximum Gasteiger partial charge on any atom is 0.200 e. The first-order chi connectivity index (χ1) is 7.63. The van der Waals surface area contributed by atoms with E-state index in [-0.39, 0.29) is 0 Å². The fourth-order valence-corrected chi connectivity index (χ4v) is 1.64. The zero-order valence-electron chi connectivity index (χ0n) is 9.69. The Labute approximate surface area is 94.7 Å². The minimum atomic E-state index is 0.523. The number of methoxy groups -OCH3 is 1. The third-order valence-corrected chi connectivity index (χ3v) is 2.76. The lowest BCUT2D eigenvalue weighted by Gasteiger charge is -2.03. The van der Waals surface area contributed by atoms with E-state index in [1.807, 2.05) is 42.8 Å². The second kappa shape index (κ2) is 3.89. The molecule has 0 saturated carbocycles. The summed E-state index contributed by atoms with van der Waals surface area (Å²) in [5.74, 6) is 1.34. The second-order valence-corrected chi connectivity index (χ2v) is 3.69. The average Bonchev–Trinajstić information content (AvgIpc) is 2.57. The van der Waals surface area contributed by atoms with E-state index >= 15 is 0 Å². The normalized spacial score (nSPS) is 10.4. The van der Waals surface area contributed by atoms with Crippen molar-refractivity contribution in [2.45, 2.75) is 6.92 Å². The van der Waals surface area contributed by atoms with Gasteiger partial charge in [-0.25, -0.2) is 4.98 Å². The van der Waals surface area contributed by atoms with Crippen LogP contribution in [0.15, 0.2) is 24.3 Å². The Morgan fingerprint density at radius 2 is 2.12 bits per heavy atom. The molecule has 0 unspecified atom stereocenters. The first kappa shape index (κ1) is 10.5. The Kier molecular flexibility index (Phi) is 2.56. The smallest absolute Gasteiger partial charge is 0.200 e. The highest BCUT2D eigenvalue weighted by Crippen LogP contribution is 2.26. The number of hydrogen-bond acceptors (Lipinski definition) is 3. The van der Waals surface area contributed by atoms with Crippen LogP contribution in [0.4, 0.5) is 5.95 Å². The SMILES string of the molecule is COc1cccc(-c2nc(N)n(C)c2C)c1. The fraction of sp³-hybridized carbons (Fsp3) is 0.250. The topological polar surface area (TPSA) is 53.1 Å². The van der Waals surface area contributed by atoms with Gasteiger partial charge in [-0.3, -0.25) is 0 Å². The highest BCUT2D eigenvalue weighted by atomic mass is 16.5. The molecule has 0 aliphatic rings. The molecule has 2 N–H and O–H groups in total. The van der Waals surface area contributed by atoms with Crippen LogP contribution in [0, 0.1) is 6.92 Å². The highest BCUT2D eigenvalue weighted by molar-refractivity contribution is 5.65. The van der Waals surface area contributed by atoms with E-state index in [2.05, 4.69) is 4.98 Å². The van der Waals surface area contributed by atoms with Crippen molar-refractivity contribution in [2.75, 3.05) is 12.8 Å². The van der Waals surface area contributed by atoms with Gasteiger partial charge in [0.1, 0.15) is 5.75 Å². The Morgan fingerprint density at radius 3 is 2.69 bits per heavy atom. The summed E-state index contributed by atoms with van der Waals surface area (Å²) in [5, 5.41) is 0. The van der Waals surface area contributed by atoms with Crippen LogP contribution >= 0.6 is 0 Å². The molecule has 16 heavy (non-hydrogen) atoms. The maximum atomic E-state index is 5.77. The molecule has 2 rings (SSSR count). The van der Waals surface area contributed by atoms with Gasteiger partial charge in [-0.15, -0.1) is 0 Å². The van der Waals surface area contributed by atoms with Crippen molar-refractivity contribution in [1.82, 2.24) is 9.55 Å². The molecule has 84 valence electrons. The number of anilines is 1. The van der Waals surface area contributed by atoms with E-state index in [9.17, 15) is 0 Å². The van der Waals surface area contributed by atoms with E-state index in [0.717, 1.165) is 22.7 Å². The number of ether oxygens (including phenoxy) is 1. The first-order valence-electron chi connectivity index (χ1n) is 5.06. The van der Waals surface area contributed by atoms with Crippen LogP contribution in [0.3, 0.4) is 0 Å². The van der Waals surface area contributed by atoms with Gasteiger partial charge in [0.05, 0.1) is 12.8 Å². The number of nitrogens with zero attached hydrogens (tertiary/aromatic N) is 2. The van der Waals surface area contributed by atoms with Gasteiger partial charge in [0, 0.05) is 18.3 Å². The molecule has 1 aromatic carbocycles. The number of hydrogen-bond donors (Lipinski definition) is 1. The number of aromatic nitrogens is 2. The van der Waals surface area contributed by atoms with Gasteiger partial charge < -0.3 is 15.0 Å². The lowest BCUT2D eigenvalue weighted by atomic mass is 10.1. The van der Waals surface area contributed by atoms with Crippen molar-refractivity contribution in [3.8, 4) is 17.0 Å². The highest BCUT2D eigenvalue weighted by Gasteiger charge is 2.10. The van der Waals surface area contributed by atoms with Gasteiger partial charge >= 0.3 is 0 Å². The standard InChI is InChI=1S/C12H15N3O/c1-8-11(14-12(13)15(8)2)9-5-4-6-10(7-9)16-3/h4-7H,1-3H3,(H2,13,14). The van der Waals surface area contributed by atoms with Crippen molar-refractivity contribution in [1.29, 1.82) is 0 Å². The largest absolute Gasteiger partial charge is 0.497 e. The fourth-order valence-electron chi connectivity index (χ4n) is 1.64. The van der Waals surface area contributed by atoms with Crippen LogP contribution in [0.1, 0.15) is 5.69 Å². The summed E-state index contributed by atoms with van der Waals surface area (Å²) in [6.45, 7) is 2.00. The maximum absolute atomic E-state index is 5.77. The van der Waals surface area contributed by atoms with E-state index < -0.39 is 0 Å². The molecule has 4 heteroatoms. The minimum Gasteiger partial charge on any atom is -0.497 e. The predicted octanol–water partition coefficient (Wildman–Crippen LogP) is 1.99. The van der Waals surface area contributed by atoms with Gasteiger partial charge in [-0.05, 0) is 19.1 Å². The first-order valence-corrected chi connectivity index (χ1v) is 5.06. The van der Waals surface area contributed by atoms with Gasteiger partial charge in [0.15, 0.2) is 0 Å². The molecule has 0 saturated heterocycles. The number of benzene rings is 1. The molecule has 4 nitrogen and oxygen atoms in total. The lowest BCUT2D eigenvalue weighted by Crippen LogP contribution is -1.97. The van der Waals surface area contributed by atoms with E-state index in [4.69, 9.17) is 10.5 Å². The van der Waals surface area contributed by atoms with E-state index in [1.54, 1.807) is 7.11 Å². The predicted molar refractivity (Wildman–Crippen MR) is 64.3 cm³/mol. The summed E-state index contributed by atoms with van der Waals surface area (Å²) in [4.78, 5) is 4.34. The summed E-state index contributed by atoms with van der Waals surface area (Å²) >= 11 is 0. The van der Waals surface area contributed by atoms with Crippen LogP contribution in [-0.4, -0.2) is 16.7 Å². The molecule has 0 spiro atoms. The Bertz CT molecular complexity index is 517. The van der Waals surface area contributed by atoms with Crippen molar-refractivity contribution >= 4 is 5.95 Å². The Balaban J connectivity index is 2.54. The van der Waals surface area contributed by atoms with Gasteiger partial charge in [-0.1, -0.05) is 12.1 Å². The summed E-state index contributed by atoms with van der Waals surface area (Å²) in [6, 6.07) is 7.80. The molecule has 0 aliphatic carbocycles. The minimum absolute atomic E-state index is 0.523. The van der Waals surface area contributed by atoms with Crippen molar-refractivity contribution < 1.29 is 4.74 Å². The number of nitrogens with two attached hydrogens (primary N) is 1. The van der Waals surface area contributed by atoms with Crippen LogP contribution in [0.5, 0.6) is 5.75 Å². The van der Waals surface area contributed by atoms with Gasteiger partial charge in [-0.2, -0.15) is 0 Å². The summed E-state index contributed by atoms with van der Waals surface area (Å²) in [6.07, 6.45) is 0. The van der Waals surface area contributed by atoms with Crippen molar-refractivity contribution in [3.05, 3.63) is 30.0 Å². The van der Waals surface area contributed by atoms with E-state index in [1.165, 1.54) is 0 Å². The molecule has 1 heterocycles. The molecule has 0 amide bonds. The molecule has 2 aromatic rings. The molecule has 0 aliphatic heterocycles. The van der Waals surface area contributed by atoms with E-state index in [0.29, 0.717) is 5.95 Å². The molecular formula is C12H15N3O. The average molecular weight is 217 g/mol. The lowest BCUT2D eigenvalue weighted by molar-refractivity contribution is 0.415. The molecule has 0 radical (unpaired) electrons. The molecule has 0 fully saturated rings. The summed E-state index contributed by atoms with van der Waals surface area (Å²) in [7, 11) is 3.56. The number of rotatable bonds is 2. The molecule has 1 aromatic heterocycles. The molecule has 0 bridgehead atoms.